The number of halogens is 4. The van der Waals surface area contributed by atoms with Crippen LogP contribution in [0.3, 0.4) is 0 Å². The summed E-state index contributed by atoms with van der Waals surface area (Å²) < 4.78 is 40.6. The quantitative estimate of drug-likeness (QED) is 0.134. The van der Waals surface area contributed by atoms with Gasteiger partial charge in [-0.3, -0.25) is 10.7 Å². The van der Waals surface area contributed by atoms with E-state index in [0.717, 1.165) is 23.2 Å². The van der Waals surface area contributed by atoms with Gasteiger partial charge in [0, 0.05) is 40.4 Å². The second kappa shape index (κ2) is 11.3. The highest BCUT2D eigenvalue weighted by Gasteiger charge is 2.38. The number of hydrogen-bond acceptors (Lipinski definition) is 3. The highest BCUT2D eigenvalue weighted by atomic mass is 35.5. The molecule has 1 saturated carbocycles. The number of aryl methyl sites for hydroxylation is 1. The van der Waals surface area contributed by atoms with Crippen molar-refractivity contribution in [3.05, 3.63) is 88.4 Å². The molecule has 0 bridgehead atoms. The lowest BCUT2D eigenvalue weighted by Gasteiger charge is -2.13. The number of hydrogen-bond donors (Lipinski definition) is 4. The summed E-state index contributed by atoms with van der Waals surface area (Å²) in [6, 6.07) is 18.9. The van der Waals surface area contributed by atoms with Crippen molar-refractivity contribution in [2.24, 2.45) is 4.99 Å². The first-order valence-electron chi connectivity index (χ1n) is 11.3. The fourth-order valence-corrected chi connectivity index (χ4v) is 4.25. The molecule has 0 amide bonds. The minimum absolute atomic E-state index is 0.0778. The number of ether oxygens (including phenoxy) is 1. The molecule has 0 aliphatic heterocycles. The Balaban J connectivity index is 1.24. The first kappa shape index (κ1) is 26.6. The van der Waals surface area contributed by atoms with E-state index in [-0.39, 0.29) is 17.6 Å². The van der Waals surface area contributed by atoms with Crippen molar-refractivity contribution in [2.75, 3.05) is 5.32 Å². The van der Waals surface area contributed by atoms with Crippen LogP contribution in [0.4, 0.5) is 24.5 Å². The van der Waals surface area contributed by atoms with Gasteiger partial charge in [-0.15, -0.1) is 13.2 Å². The summed E-state index contributed by atoms with van der Waals surface area (Å²) in [5.74, 6) is 0.113. The predicted molar refractivity (Wildman–Crippen MR) is 143 cm³/mol. The van der Waals surface area contributed by atoms with E-state index in [2.05, 4.69) is 20.4 Å². The van der Waals surface area contributed by atoms with E-state index in [1.165, 1.54) is 30.6 Å². The van der Waals surface area contributed by atoms with Gasteiger partial charge in [0.25, 0.3) is 0 Å². The van der Waals surface area contributed by atoms with E-state index in [1.807, 2.05) is 49.4 Å². The standard InChI is InChI=1S/C26H23ClF3N5OS/c1-15-12-18(27)6-11-22(15)34-25(37)35-23-13-21(23)16-2-4-17(5-3-16)24(31)33-14-32-19-7-9-20(10-8-19)36-26(28,29)30/h2-12,14,21,23H,13H2,1H3,(H2,31,32,33)(H2,34,35,37)/p+1. The SMILES string of the molecule is Cc1cc(Cl)ccc1NC(=S)NC1CC1c1ccc(C(=N)N=C[NH2+]c2ccc(OC(F)(F)F)cc2)cc1. The number of quaternary nitrogens is 1. The second-order valence-electron chi connectivity index (χ2n) is 8.54. The number of anilines is 1. The van der Waals surface area contributed by atoms with Gasteiger partial charge in [-0.05, 0) is 67.0 Å². The predicted octanol–water partition coefficient (Wildman–Crippen LogP) is 5.64. The van der Waals surface area contributed by atoms with Crippen LogP contribution in [0.1, 0.15) is 29.0 Å². The third-order valence-corrected chi connectivity index (χ3v) is 6.20. The number of nitrogens with zero attached hydrogens (tertiary/aromatic N) is 1. The van der Waals surface area contributed by atoms with Crippen LogP contribution >= 0.6 is 23.8 Å². The Morgan fingerprint density at radius 2 is 1.84 bits per heavy atom. The molecule has 5 N–H and O–H groups in total. The molecule has 0 aromatic heterocycles. The zero-order valence-corrected chi connectivity index (χ0v) is 21.2. The first-order chi connectivity index (χ1) is 17.6. The lowest BCUT2D eigenvalue weighted by molar-refractivity contribution is -0.432. The molecule has 0 saturated heterocycles. The summed E-state index contributed by atoms with van der Waals surface area (Å²) in [5, 5.41) is 17.6. The van der Waals surface area contributed by atoms with Crippen LogP contribution in [0.5, 0.6) is 5.75 Å². The molecule has 6 nitrogen and oxygen atoms in total. The number of nitrogens with one attached hydrogen (secondary N) is 3. The van der Waals surface area contributed by atoms with E-state index in [0.29, 0.717) is 27.3 Å². The Kier molecular flexibility index (Phi) is 8.11. The average molecular weight is 547 g/mol. The summed E-state index contributed by atoms with van der Waals surface area (Å²) in [5.41, 5.74) is 4.36. The fourth-order valence-electron chi connectivity index (χ4n) is 3.76. The number of amidine groups is 1. The fraction of sp³-hybridized carbons (Fsp3) is 0.192. The number of nitrogens with two attached hydrogens (primary N) is 1. The Bertz CT molecular complexity index is 1310. The third kappa shape index (κ3) is 7.75. The van der Waals surface area contributed by atoms with E-state index in [9.17, 15) is 13.2 Å². The molecule has 3 aromatic carbocycles. The zero-order chi connectivity index (χ0) is 26.6. The number of rotatable bonds is 7. The number of thiocarbonyl (C=S) groups is 1. The number of aliphatic imine (C=N–C) groups is 1. The van der Waals surface area contributed by atoms with Gasteiger partial charge in [0.2, 0.25) is 0 Å². The first-order valence-corrected chi connectivity index (χ1v) is 12.1. The van der Waals surface area contributed by atoms with E-state index in [4.69, 9.17) is 29.2 Å². The van der Waals surface area contributed by atoms with Crippen molar-refractivity contribution >= 4 is 52.5 Å². The van der Waals surface area contributed by atoms with Crippen molar-refractivity contribution in [1.82, 2.24) is 5.32 Å². The molecule has 0 spiro atoms. The van der Waals surface area contributed by atoms with Crippen molar-refractivity contribution < 1.29 is 23.2 Å². The van der Waals surface area contributed by atoms with E-state index < -0.39 is 6.36 Å². The third-order valence-electron chi connectivity index (χ3n) is 5.74. The highest BCUT2D eigenvalue weighted by Crippen LogP contribution is 2.41. The number of benzene rings is 3. The summed E-state index contributed by atoms with van der Waals surface area (Å²) in [6.45, 7) is 1.96. The van der Waals surface area contributed by atoms with Gasteiger partial charge < -0.3 is 15.4 Å². The Morgan fingerprint density at radius 1 is 1.14 bits per heavy atom. The van der Waals surface area contributed by atoms with Gasteiger partial charge in [-0.1, -0.05) is 35.9 Å². The van der Waals surface area contributed by atoms with Crippen molar-refractivity contribution in [3.8, 4) is 5.75 Å². The van der Waals surface area contributed by atoms with Crippen LogP contribution < -0.4 is 20.7 Å². The maximum atomic E-state index is 12.2. The van der Waals surface area contributed by atoms with Crippen molar-refractivity contribution in [3.63, 3.8) is 0 Å². The molecule has 1 fully saturated rings. The average Bonchev–Trinajstić information content (AvgIpc) is 3.60. The lowest BCUT2D eigenvalue weighted by atomic mass is 10.1. The lowest BCUT2D eigenvalue weighted by Crippen LogP contribution is -2.76. The van der Waals surface area contributed by atoms with E-state index >= 15 is 0 Å². The van der Waals surface area contributed by atoms with Crippen LogP contribution in [-0.4, -0.2) is 29.7 Å². The molecule has 4 rings (SSSR count). The summed E-state index contributed by atoms with van der Waals surface area (Å²) in [6.07, 6.45) is -2.33. The van der Waals surface area contributed by atoms with Gasteiger partial charge in [0.1, 0.15) is 11.4 Å². The van der Waals surface area contributed by atoms with Crippen LogP contribution in [-0.2, 0) is 0 Å². The van der Waals surface area contributed by atoms with Crippen LogP contribution in [0.15, 0.2) is 71.7 Å². The minimum Gasteiger partial charge on any atom is -0.406 e. The second-order valence-corrected chi connectivity index (χ2v) is 9.38. The molecule has 2 atom stereocenters. The zero-order valence-electron chi connectivity index (χ0n) is 19.6. The van der Waals surface area contributed by atoms with Gasteiger partial charge in [0.15, 0.2) is 17.3 Å². The molecule has 1 aliphatic rings. The highest BCUT2D eigenvalue weighted by molar-refractivity contribution is 7.80. The molecule has 192 valence electrons. The van der Waals surface area contributed by atoms with Crippen molar-refractivity contribution in [1.29, 1.82) is 5.41 Å². The maximum Gasteiger partial charge on any atom is 0.573 e. The topological polar surface area (TPSA) is 86.1 Å². The smallest absolute Gasteiger partial charge is 0.406 e. The van der Waals surface area contributed by atoms with Gasteiger partial charge in [-0.2, -0.15) is 4.99 Å². The van der Waals surface area contributed by atoms with Crippen LogP contribution in [0.2, 0.25) is 5.02 Å². The molecule has 0 heterocycles. The maximum absolute atomic E-state index is 12.2. The summed E-state index contributed by atoms with van der Waals surface area (Å²) >= 11 is 11.5. The van der Waals surface area contributed by atoms with E-state index in [1.54, 1.807) is 5.32 Å². The Hall–Kier alpha value is -3.47. The molecular weight excluding hydrogens is 523 g/mol. The van der Waals surface area contributed by atoms with Gasteiger partial charge in [0.05, 0.1) is 0 Å². The Labute approximate surface area is 222 Å². The molecule has 37 heavy (non-hydrogen) atoms. The molecule has 2 unspecified atom stereocenters. The Morgan fingerprint density at radius 3 is 2.49 bits per heavy atom. The largest absolute Gasteiger partial charge is 0.573 e. The molecule has 0 radical (unpaired) electrons. The van der Waals surface area contributed by atoms with Gasteiger partial charge >= 0.3 is 6.36 Å². The van der Waals surface area contributed by atoms with Gasteiger partial charge in [-0.25, -0.2) is 0 Å². The monoisotopic (exact) mass is 546 g/mol. The minimum atomic E-state index is -4.73. The molecule has 3 aromatic rings. The normalized spacial score (nSPS) is 16.9. The molecular formula is C26H24ClF3N5OS+. The van der Waals surface area contributed by atoms with Crippen LogP contribution in [0, 0.1) is 12.3 Å². The van der Waals surface area contributed by atoms with Crippen molar-refractivity contribution in [2.45, 2.75) is 31.7 Å². The van der Waals surface area contributed by atoms with Crippen LogP contribution in [0.25, 0.3) is 0 Å². The molecule has 11 heteroatoms. The summed E-state index contributed by atoms with van der Waals surface area (Å²) in [4.78, 5) is 4.11. The molecule has 1 aliphatic carbocycles. The number of alkyl halides is 3. The summed E-state index contributed by atoms with van der Waals surface area (Å²) in [7, 11) is 0.